The molecule has 0 aliphatic rings. The monoisotopic (exact) mass is 267 g/mol. The van der Waals surface area contributed by atoms with Gasteiger partial charge in [0.05, 0.1) is 22.9 Å². The first-order chi connectivity index (χ1) is 9.61. The number of H-pyrrole nitrogens is 1. The summed E-state index contributed by atoms with van der Waals surface area (Å²) < 4.78 is 0. The fraction of sp³-hybridized carbons (Fsp3) is 0.200. The number of nitrogens with two attached hydrogens (primary N) is 1. The van der Waals surface area contributed by atoms with E-state index in [9.17, 15) is 0 Å². The molecule has 0 unspecified atom stereocenters. The molecular weight excluding hydrogens is 250 g/mol. The Bertz CT molecular complexity index is 760. The van der Waals surface area contributed by atoms with E-state index >= 15 is 0 Å². The topological polar surface area (TPSA) is 79.6 Å². The second-order valence-corrected chi connectivity index (χ2v) is 4.96. The number of rotatable bonds is 3. The van der Waals surface area contributed by atoms with Gasteiger partial charge in [0.1, 0.15) is 11.6 Å². The van der Waals surface area contributed by atoms with Crippen molar-refractivity contribution in [3.63, 3.8) is 0 Å². The van der Waals surface area contributed by atoms with E-state index < -0.39 is 0 Å². The van der Waals surface area contributed by atoms with Crippen molar-refractivity contribution >= 4 is 22.5 Å². The second-order valence-electron chi connectivity index (χ2n) is 4.96. The maximum atomic E-state index is 5.70. The molecule has 0 saturated carbocycles. The molecule has 3 aromatic rings. The van der Waals surface area contributed by atoms with Gasteiger partial charge < -0.3 is 16.0 Å². The van der Waals surface area contributed by atoms with Gasteiger partial charge in [0.2, 0.25) is 0 Å². The minimum absolute atomic E-state index is 0.683. The van der Waals surface area contributed by atoms with Gasteiger partial charge in [0.15, 0.2) is 0 Å². The maximum absolute atomic E-state index is 5.70. The summed E-state index contributed by atoms with van der Waals surface area (Å²) in [6.07, 6.45) is 1.66. The molecule has 5 heteroatoms. The Labute approximate surface area is 117 Å². The van der Waals surface area contributed by atoms with Crippen LogP contribution in [-0.2, 0) is 6.54 Å². The van der Waals surface area contributed by atoms with Crippen molar-refractivity contribution in [2.75, 3.05) is 11.1 Å². The summed E-state index contributed by atoms with van der Waals surface area (Å²) in [5.41, 5.74) is 10.7. The van der Waals surface area contributed by atoms with E-state index in [4.69, 9.17) is 5.73 Å². The SMILES string of the molecule is Cc1nc2ccc(CNc3ncc(N)cc3C)cc2[nH]1. The fourth-order valence-corrected chi connectivity index (χ4v) is 2.26. The highest BCUT2D eigenvalue weighted by atomic mass is 15.0. The van der Waals surface area contributed by atoms with E-state index in [-0.39, 0.29) is 0 Å². The van der Waals surface area contributed by atoms with Crippen molar-refractivity contribution < 1.29 is 0 Å². The molecule has 20 heavy (non-hydrogen) atoms. The normalized spacial score (nSPS) is 10.9. The van der Waals surface area contributed by atoms with Crippen molar-refractivity contribution in [1.82, 2.24) is 15.0 Å². The van der Waals surface area contributed by atoms with Crippen molar-refractivity contribution in [1.29, 1.82) is 0 Å². The molecule has 0 aliphatic heterocycles. The number of aromatic amines is 1. The van der Waals surface area contributed by atoms with Crippen LogP contribution in [0, 0.1) is 13.8 Å². The predicted molar refractivity (Wildman–Crippen MR) is 81.5 cm³/mol. The number of anilines is 2. The largest absolute Gasteiger partial charge is 0.397 e. The smallest absolute Gasteiger partial charge is 0.129 e. The first kappa shape index (κ1) is 12.5. The van der Waals surface area contributed by atoms with Gasteiger partial charge in [-0.2, -0.15) is 0 Å². The van der Waals surface area contributed by atoms with Crippen molar-refractivity contribution in [2.45, 2.75) is 20.4 Å². The Morgan fingerprint density at radius 3 is 2.90 bits per heavy atom. The third-order valence-corrected chi connectivity index (χ3v) is 3.22. The van der Waals surface area contributed by atoms with Crippen molar-refractivity contribution in [2.24, 2.45) is 0 Å². The van der Waals surface area contributed by atoms with Gasteiger partial charge >= 0.3 is 0 Å². The highest BCUT2D eigenvalue weighted by Gasteiger charge is 2.03. The number of fused-ring (bicyclic) bond motifs is 1. The Morgan fingerprint density at radius 2 is 2.10 bits per heavy atom. The van der Waals surface area contributed by atoms with Gasteiger partial charge in [-0.1, -0.05) is 6.07 Å². The number of pyridine rings is 1. The molecule has 2 aromatic heterocycles. The van der Waals surface area contributed by atoms with Gasteiger partial charge in [-0.05, 0) is 43.2 Å². The number of aryl methyl sites for hydroxylation is 2. The molecule has 3 rings (SSSR count). The number of nitrogens with zero attached hydrogens (tertiary/aromatic N) is 2. The first-order valence-electron chi connectivity index (χ1n) is 6.53. The standard InChI is InChI=1S/C15H17N5/c1-9-5-12(16)8-18-15(9)17-7-11-3-4-13-14(6-11)20-10(2)19-13/h3-6,8H,7,16H2,1-2H3,(H,17,18)(H,19,20). The number of hydrogen-bond donors (Lipinski definition) is 3. The average Bonchev–Trinajstić information content (AvgIpc) is 2.77. The van der Waals surface area contributed by atoms with E-state index in [0.717, 1.165) is 28.2 Å². The van der Waals surface area contributed by atoms with Gasteiger partial charge in [-0.25, -0.2) is 9.97 Å². The Hall–Kier alpha value is -2.56. The number of hydrogen-bond acceptors (Lipinski definition) is 4. The van der Waals surface area contributed by atoms with Gasteiger partial charge in [0.25, 0.3) is 0 Å². The highest BCUT2D eigenvalue weighted by molar-refractivity contribution is 5.75. The van der Waals surface area contributed by atoms with Crippen LogP contribution < -0.4 is 11.1 Å². The molecule has 0 fully saturated rings. The van der Waals surface area contributed by atoms with Gasteiger partial charge in [-0.15, -0.1) is 0 Å². The van der Waals surface area contributed by atoms with E-state index in [1.165, 1.54) is 5.56 Å². The molecule has 0 amide bonds. The predicted octanol–water partition coefficient (Wildman–Crippen LogP) is 2.77. The summed E-state index contributed by atoms with van der Waals surface area (Å²) in [4.78, 5) is 11.9. The molecular formula is C15H17N5. The summed E-state index contributed by atoms with van der Waals surface area (Å²) >= 11 is 0. The molecule has 0 radical (unpaired) electrons. The number of aromatic nitrogens is 3. The third-order valence-electron chi connectivity index (χ3n) is 3.22. The number of imidazole rings is 1. The average molecular weight is 267 g/mol. The second kappa shape index (κ2) is 4.85. The minimum Gasteiger partial charge on any atom is -0.397 e. The molecule has 5 nitrogen and oxygen atoms in total. The molecule has 102 valence electrons. The van der Waals surface area contributed by atoms with Crippen LogP contribution in [0.4, 0.5) is 11.5 Å². The first-order valence-corrected chi connectivity index (χ1v) is 6.53. The van der Waals surface area contributed by atoms with E-state index in [1.54, 1.807) is 6.20 Å². The zero-order valence-electron chi connectivity index (χ0n) is 11.6. The maximum Gasteiger partial charge on any atom is 0.129 e. The fourth-order valence-electron chi connectivity index (χ4n) is 2.26. The molecule has 0 saturated heterocycles. The summed E-state index contributed by atoms with van der Waals surface area (Å²) in [5, 5.41) is 3.33. The summed E-state index contributed by atoms with van der Waals surface area (Å²) in [6, 6.07) is 8.12. The van der Waals surface area contributed by atoms with Crippen molar-refractivity contribution in [3.8, 4) is 0 Å². The number of nitrogens with one attached hydrogen (secondary N) is 2. The number of nitrogen functional groups attached to an aromatic ring is 1. The van der Waals surface area contributed by atoms with Crippen LogP contribution in [0.5, 0.6) is 0 Å². The Kier molecular flexibility index (Phi) is 3.02. The number of benzene rings is 1. The summed E-state index contributed by atoms with van der Waals surface area (Å²) in [5.74, 6) is 1.79. The lowest BCUT2D eigenvalue weighted by molar-refractivity contribution is 1.10. The van der Waals surface area contributed by atoms with Gasteiger partial charge in [0, 0.05) is 6.54 Å². The van der Waals surface area contributed by atoms with Crippen LogP contribution >= 0.6 is 0 Å². The van der Waals surface area contributed by atoms with Crippen LogP contribution in [0.25, 0.3) is 11.0 Å². The summed E-state index contributed by atoms with van der Waals surface area (Å²) in [6.45, 7) is 4.67. The van der Waals surface area contributed by atoms with E-state index in [0.29, 0.717) is 12.2 Å². The minimum atomic E-state index is 0.683. The molecule has 4 N–H and O–H groups in total. The third kappa shape index (κ3) is 2.42. The molecule has 0 atom stereocenters. The lowest BCUT2D eigenvalue weighted by Gasteiger charge is -2.09. The quantitative estimate of drug-likeness (QED) is 0.681. The molecule has 0 spiro atoms. The molecule has 0 aliphatic carbocycles. The Balaban J connectivity index is 1.79. The lowest BCUT2D eigenvalue weighted by Crippen LogP contribution is -2.03. The van der Waals surface area contributed by atoms with Crippen LogP contribution in [0.3, 0.4) is 0 Å². The molecule has 1 aromatic carbocycles. The zero-order valence-corrected chi connectivity index (χ0v) is 11.6. The van der Waals surface area contributed by atoms with Crippen LogP contribution in [0.2, 0.25) is 0 Å². The van der Waals surface area contributed by atoms with E-state index in [1.807, 2.05) is 26.0 Å². The van der Waals surface area contributed by atoms with E-state index in [2.05, 4.69) is 32.4 Å². The van der Waals surface area contributed by atoms with Crippen LogP contribution in [0.1, 0.15) is 17.0 Å². The van der Waals surface area contributed by atoms with Crippen LogP contribution in [-0.4, -0.2) is 15.0 Å². The summed E-state index contributed by atoms with van der Waals surface area (Å²) in [7, 11) is 0. The molecule has 2 heterocycles. The molecule has 0 bridgehead atoms. The van der Waals surface area contributed by atoms with Crippen molar-refractivity contribution in [3.05, 3.63) is 47.4 Å². The lowest BCUT2D eigenvalue weighted by atomic mass is 10.2. The Morgan fingerprint density at radius 1 is 1.25 bits per heavy atom. The van der Waals surface area contributed by atoms with Crippen LogP contribution in [0.15, 0.2) is 30.5 Å². The zero-order chi connectivity index (χ0) is 14.1. The highest BCUT2D eigenvalue weighted by Crippen LogP contribution is 2.17. The van der Waals surface area contributed by atoms with Gasteiger partial charge in [-0.3, -0.25) is 0 Å².